The molecule has 0 amide bonds. The molecule has 4 heteroatoms. The third kappa shape index (κ3) is 2.31. The quantitative estimate of drug-likeness (QED) is 0.785. The van der Waals surface area contributed by atoms with Gasteiger partial charge < -0.3 is 10.1 Å². The number of nitrogens with one attached hydrogen (secondary N) is 1. The molecule has 2 fully saturated rings. The van der Waals surface area contributed by atoms with Gasteiger partial charge in [-0.3, -0.25) is 0 Å². The minimum Gasteiger partial charge on any atom is -0.377 e. The smallest absolute Gasteiger partial charge is 0.248 e. The van der Waals surface area contributed by atoms with Crippen molar-refractivity contribution in [1.29, 1.82) is 0 Å². The van der Waals surface area contributed by atoms with Crippen molar-refractivity contribution in [3.05, 3.63) is 0 Å². The van der Waals surface area contributed by atoms with Gasteiger partial charge in [-0.25, -0.2) is 8.78 Å². The molecule has 1 saturated carbocycles. The first kappa shape index (κ1) is 11.3. The van der Waals surface area contributed by atoms with Crippen LogP contribution in [-0.4, -0.2) is 30.7 Å². The van der Waals surface area contributed by atoms with E-state index in [2.05, 4.69) is 12.2 Å². The molecule has 0 unspecified atom stereocenters. The summed E-state index contributed by atoms with van der Waals surface area (Å²) in [4.78, 5) is 0. The maximum atomic E-state index is 12.6. The number of ether oxygens (including phenoxy) is 1. The Labute approximate surface area is 89.4 Å². The molecule has 2 nitrogen and oxygen atoms in total. The van der Waals surface area contributed by atoms with E-state index >= 15 is 0 Å². The largest absolute Gasteiger partial charge is 0.377 e. The van der Waals surface area contributed by atoms with Crippen LogP contribution < -0.4 is 5.32 Å². The SMILES string of the molecule is C[C@@H]1OCC[C@@]1(C)NCC1CC(F)(F)C1. The van der Waals surface area contributed by atoms with Crippen molar-refractivity contribution < 1.29 is 13.5 Å². The minimum atomic E-state index is -2.40. The van der Waals surface area contributed by atoms with Crippen LogP contribution in [0.4, 0.5) is 8.78 Å². The van der Waals surface area contributed by atoms with E-state index in [4.69, 9.17) is 4.74 Å². The number of rotatable bonds is 3. The van der Waals surface area contributed by atoms with Gasteiger partial charge >= 0.3 is 0 Å². The standard InChI is InChI=1S/C11H19F2NO/c1-8-10(2,3-4-15-8)14-7-9-5-11(12,13)6-9/h8-9,14H,3-7H2,1-2H3/t8-,10+/m0/s1. The van der Waals surface area contributed by atoms with Gasteiger partial charge in [0.2, 0.25) is 5.92 Å². The number of hydrogen-bond donors (Lipinski definition) is 1. The van der Waals surface area contributed by atoms with Gasteiger partial charge in [0, 0.05) is 25.0 Å². The summed E-state index contributed by atoms with van der Waals surface area (Å²) in [5.41, 5.74) is -0.0229. The van der Waals surface area contributed by atoms with Crippen molar-refractivity contribution >= 4 is 0 Å². The summed E-state index contributed by atoms with van der Waals surface area (Å²) in [7, 11) is 0. The maximum absolute atomic E-state index is 12.6. The first-order valence-corrected chi connectivity index (χ1v) is 5.66. The van der Waals surface area contributed by atoms with E-state index in [1.807, 2.05) is 6.92 Å². The Morgan fingerprint density at radius 1 is 1.40 bits per heavy atom. The molecule has 1 aliphatic carbocycles. The highest BCUT2D eigenvalue weighted by Gasteiger charge is 2.46. The summed E-state index contributed by atoms with van der Waals surface area (Å²) >= 11 is 0. The van der Waals surface area contributed by atoms with Crippen LogP contribution in [0.3, 0.4) is 0 Å². The van der Waals surface area contributed by atoms with Gasteiger partial charge in [0.1, 0.15) is 0 Å². The zero-order valence-corrected chi connectivity index (χ0v) is 9.35. The lowest BCUT2D eigenvalue weighted by atomic mass is 9.80. The lowest BCUT2D eigenvalue weighted by Crippen LogP contribution is -2.52. The van der Waals surface area contributed by atoms with Gasteiger partial charge in [-0.1, -0.05) is 0 Å². The zero-order valence-electron chi connectivity index (χ0n) is 9.35. The Bertz CT molecular complexity index is 239. The van der Waals surface area contributed by atoms with E-state index < -0.39 is 5.92 Å². The van der Waals surface area contributed by atoms with E-state index in [9.17, 15) is 8.78 Å². The second-order valence-electron chi connectivity index (χ2n) is 5.19. The fourth-order valence-electron chi connectivity index (χ4n) is 2.37. The predicted octanol–water partition coefficient (Wildman–Crippen LogP) is 2.19. The lowest BCUT2D eigenvalue weighted by molar-refractivity contribution is -0.110. The molecule has 0 spiro atoms. The number of hydrogen-bond acceptors (Lipinski definition) is 2. The van der Waals surface area contributed by atoms with Crippen molar-refractivity contribution in [3.8, 4) is 0 Å². The second kappa shape index (κ2) is 3.67. The van der Waals surface area contributed by atoms with Gasteiger partial charge in [0.05, 0.1) is 6.10 Å². The molecular weight excluding hydrogens is 200 g/mol. The van der Waals surface area contributed by atoms with Crippen molar-refractivity contribution in [2.24, 2.45) is 5.92 Å². The van der Waals surface area contributed by atoms with Crippen LogP contribution in [0.2, 0.25) is 0 Å². The zero-order chi connectivity index (χ0) is 11.1. The summed E-state index contributed by atoms with van der Waals surface area (Å²) in [6, 6.07) is 0. The molecule has 0 bridgehead atoms. The number of halogens is 2. The molecule has 2 aliphatic rings. The first-order chi connectivity index (χ1) is 6.91. The molecule has 0 aromatic heterocycles. The molecule has 0 radical (unpaired) electrons. The van der Waals surface area contributed by atoms with Crippen molar-refractivity contribution in [1.82, 2.24) is 5.32 Å². The van der Waals surface area contributed by atoms with E-state index in [1.54, 1.807) is 0 Å². The molecule has 0 aromatic rings. The summed E-state index contributed by atoms with van der Waals surface area (Å²) < 4.78 is 30.7. The van der Waals surface area contributed by atoms with Crippen molar-refractivity contribution in [2.45, 2.75) is 50.7 Å². The first-order valence-electron chi connectivity index (χ1n) is 5.66. The topological polar surface area (TPSA) is 21.3 Å². The van der Waals surface area contributed by atoms with E-state index in [1.165, 1.54) is 0 Å². The van der Waals surface area contributed by atoms with Crippen LogP contribution in [0.5, 0.6) is 0 Å². The number of alkyl halides is 2. The summed E-state index contributed by atoms with van der Waals surface area (Å²) in [6.07, 6.45) is 1.24. The average molecular weight is 219 g/mol. The minimum absolute atomic E-state index is 0.0229. The molecular formula is C11H19F2NO. The van der Waals surface area contributed by atoms with Crippen LogP contribution in [0.1, 0.15) is 33.1 Å². The molecule has 0 aromatic carbocycles. The highest BCUT2D eigenvalue weighted by atomic mass is 19.3. The lowest BCUT2D eigenvalue weighted by Gasteiger charge is -2.38. The van der Waals surface area contributed by atoms with Gasteiger partial charge in [-0.2, -0.15) is 0 Å². The molecule has 1 heterocycles. The second-order valence-corrected chi connectivity index (χ2v) is 5.19. The predicted molar refractivity (Wildman–Crippen MR) is 54.1 cm³/mol. The Hall–Kier alpha value is -0.220. The average Bonchev–Trinajstić information content (AvgIpc) is 2.41. The summed E-state index contributed by atoms with van der Waals surface area (Å²) in [5, 5.41) is 3.39. The van der Waals surface area contributed by atoms with E-state index in [0.29, 0.717) is 6.54 Å². The molecule has 2 rings (SSSR count). The Morgan fingerprint density at radius 2 is 2.07 bits per heavy atom. The molecule has 88 valence electrons. The van der Waals surface area contributed by atoms with Crippen LogP contribution >= 0.6 is 0 Å². The van der Waals surface area contributed by atoms with Crippen molar-refractivity contribution in [3.63, 3.8) is 0 Å². The Balaban J connectivity index is 1.74. The third-order valence-corrected chi connectivity index (χ3v) is 3.86. The van der Waals surface area contributed by atoms with Crippen molar-refractivity contribution in [2.75, 3.05) is 13.2 Å². The van der Waals surface area contributed by atoms with Crippen LogP contribution in [0.25, 0.3) is 0 Å². The van der Waals surface area contributed by atoms with E-state index in [0.717, 1.165) is 13.0 Å². The van der Waals surface area contributed by atoms with Gasteiger partial charge in [0.25, 0.3) is 0 Å². The third-order valence-electron chi connectivity index (χ3n) is 3.86. The molecule has 1 N–H and O–H groups in total. The molecule has 15 heavy (non-hydrogen) atoms. The molecule has 1 aliphatic heterocycles. The monoisotopic (exact) mass is 219 g/mol. The van der Waals surface area contributed by atoms with E-state index in [-0.39, 0.29) is 30.4 Å². The van der Waals surface area contributed by atoms with Crippen LogP contribution in [0, 0.1) is 5.92 Å². The highest BCUT2D eigenvalue weighted by Crippen LogP contribution is 2.42. The summed E-state index contributed by atoms with van der Waals surface area (Å²) in [6.45, 7) is 5.61. The van der Waals surface area contributed by atoms with Crippen LogP contribution in [0.15, 0.2) is 0 Å². The summed E-state index contributed by atoms with van der Waals surface area (Å²) in [5.74, 6) is -2.25. The fraction of sp³-hybridized carbons (Fsp3) is 1.00. The van der Waals surface area contributed by atoms with Crippen LogP contribution in [-0.2, 0) is 4.74 Å². The van der Waals surface area contributed by atoms with Gasteiger partial charge in [0.15, 0.2) is 0 Å². The maximum Gasteiger partial charge on any atom is 0.248 e. The normalized spacial score (nSPS) is 40.4. The molecule has 1 saturated heterocycles. The molecule has 2 atom stereocenters. The Morgan fingerprint density at radius 3 is 2.53 bits per heavy atom. The van der Waals surface area contributed by atoms with Gasteiger partial charge in [-0.15, -0.1) is 0 Å². The fourth-order valence-corrected chi connectivity index (χ4v) is 2.37. The van der Waals surface area contributed by atoms with Gasteiger partial charge in [-0.05, 0) is 32.7 Å². The Kier molecular flexibility index (Phi) is 2.75. The highest BCUT2D eigenvalue weighted by molar-refractivity contribution is 4.96.